The van der Waals surface area contributed by atoms with Crippen molar-refractivity contribution in [2.75, 3.05) is 6.61 Å². The summed E-state index contributed by atoms with van der Waals surface area (Å²) in [5, 5.41) is 7.73. The summed E-state index contributed by atoms with van der Waals surface area (Å²) in [6, 6.07) is 8.70. The van der Waals surface area contributed by atoms with Crippen LogP contribution in [-0.4, -0.2) is 21.4 Å². The molecular weight excluding hydrogens is 240 g/mol. The first kappa shape index (κ1) is 12.2. The van der Waals surface area contributed by atoms with Crippen LogP contribution in [0.3, 0.4) is 0 Å². The van der Waals surface area contributed by atoms with Gasteiger partial charge in [0.25, 0.3) is 0 Å². The van der Waals surface area contributed by atoms with Crippen molar-refractivity contribution in [3.63, 3.8) is 0 Å². The highest BCUT2D eigenvalue weighted by Crippen LogP contribution is 2.31. The summed E-state index contributed by atoms with van der Waals surface area (Å²) < 4.78 is 7.59. The second kappa shape index (κ2) is 5.01. The summed E-state index contributed by atoms with van der Waals surface area (Å²) in [5.41, 5.74) is 1.22. The molecule has 19 heavy (non-hydrogen) atoms. The Morgan fingerprint density at radius 2 is 2.26 bits per heavy atom. The molecule has 1 aliphatic rings. The molecule has 0 aliphatic carbocycles. The molecule has 0 saturated heterocycles. The molecule has 0 saturated carbocycles. The van der Waals surface area contributed by atoms with Crippen LogP contribution in [0.2, 0.25) is 0 Å². The van der Waals surface area contributed by atoms with Gasteiger partial charge in [0.05, 0.1) is 12.6 Å². The fourth-order valence-corrected chi connectivity index (χ4v) is 2.38. The monoisotopic (exact) mass is 258 g/mol. The number of para-hydroxylation sites is 1. The van der Waals surface area contributed by atoms with Gasteiger partial charge >= 0.3 is 0 Å². The van der Waals surface area contributed by atoms with E-state index in [2.05, 4.69) is 35.3 Å². The molecule has 1 aliphatic heterocycles. The Hall–Kier alpha value is -1.88. The van der Waals surface area contributed by atoms with Gasteiger partial charge in [0, 0.05) is 11.6 Å². The van der Waals surface area contributed by atoms with Crippen LogP contribution in [0, 0.1) is 0 Å². The van der Waals surface area contributed by atoms with E-state index in [1.165, 1.54) is 5.56 Å². The van der Waals surface area contributed by atoms with Gasteiger partial charge in [-0.05, 0) is 19.9 Å². The summed E-state index contributed by atoms with van der Waals surface area (Å²) in [5.74, 6) is 1.93. The zero-order valence-electron chi connectivity index (χ0n) is 11.2. The summed E-state index contributed by atoms with van der Waals surface area (Å²) in [7, 11) is 0. The Bertz CT molecular complexity index is 564. The highest BCUT2D eigenvalue weighted by atomic mass is 16.5. The third-order valence-electron chi connectivity index (χ3n) is 3.34. The molecule has 100 valence electrons. The van der Waals surface area contributed by atoms with E-state index in [0.29, 0.717) is 19.2 Å². The topological polar surface area (TPSA) is 52.0 Å². The van der Waals surface area contributed by atoms with Crippen LogP contribution in [0.25, 0.3) is 0 Å². The first-order valence-corrected chi connectivity index (χ1v) is 6.59. The number of hydrogen-bond donors (Lipinski definition) is 1. The number of benzene rings is 1. The van der Waals surface area contributed by atoms with Crippen molar-refractivity contribution in [3.05, 3.63) is 42.0 Å². The van der Waals surface area contributed by atoms with Crippen molar-refractivity contribution < 1.29 is 4.74 Å². The van der Waals surface area contributed by atoms with Crippen molar-refractivity contribution in [3.8, 4) is 5.75 Å². The van der Waals surface area contributed by atoms with Gasteiger partial charge in [0.2, 0.25) is 0 Å². The highest BCUT2D eigenvalue weighted by molar-refractivity contribution is 5.39. The normalized spacial score (nSPS) is 17.5. The first-order chi connectivity index (χ1) is 9.25. The lowest BCUT2D eigenvalue weighted by Crippen LogP contribution is -2.24. The Labute approximate surface area is 112 Å². The van der Waals surface area contributed by atoms with E-state index < -0.39 is 0 Å². The highest BCUT2D eigenvalue weighted by Gasteiger charge is 2.23. The average molecular weight is 258 g/mol. The minimum absolute atomic E-state index is 0.230. The van der Waals surface area contributed by atoms with Crippen molar-refractivity contribution in [2.45, 2.75) is 32.5 Å². The molecular formula is C14H18N4O. The van der Waals surface area contributed by atoms with Gasteiger partial charge in [-0.2, -0.15) is 5.10 Å². The molecule has 1 atom stereocenters. The predicted octanol–water partition coefficient (Wildman–Crippen LogP) is 2.08. The van der Waals surface area contributed by atoms with Gasteiger partial charge in [-0.3, -0.25) is 5.32 Å². The Kier molecular flexibility index (Phi) is 3.21. The second-order valence-corrected chi connectivity index (χ2v) is 5.00. The van der Waals surface area contributed by atoms with E-state index in [-0.39, 0.29) is 6.04 Å². The van der Waals surface area contributed by atoms with Crippen LogP contribution in [0.4, 0.5) is 0 Å². The van der Waals surface area contributed by atoms with Gasteiger partial charge in [-0.15, -0.1) is 0 Å². The maximum atomic E-state index is 5.65. The molecule has 0 bridgehead atoms. The molecule has 5 heteroatoms. The maximum Gasteiger partial charge on any atom is 0.141 e. The van der Waals surface area contributed by atoms with E-state index in [1.54, 1.807) is 6.33 Å². The lowest BCUT2D eigenvalue weighted by Gasteiger charge is -2.13. The number of aromatic nitrogens is 3. The van der Waals surface area contributed by atoms with E-state index in [4.69, 9.17) is 4.74 Å². The zero-order valence-corrected chi connectivity index (χ0v) is 11.2. The number of nitrogens with zero attached hydrogens (tertiary/aromatic N) is 3. The van der Waals surface area contributed by atoms with Crippen LogP contribution in [0.15, 0.2) is 30.6 Å². The molecule has 1 N–H and O–H groups in total. The van der Waals surface area contributed by atoms with Gasteiger partial charge < -0.3 is 4.74 Å². The van der Waals surface area contributed by atoms with Crippen molar-refractivity contribution in [1.82, 2.24) is 20.1 Å². The molecule has 0 amide bonds. The molecule has 2 aromatic rings. The predicted molar refractivity (Wildman–Crippen MR) is 71.9 cm³/mol. The molecule has 0 radical (unpaired) electrons. The minimum atomic E-state index is 0.230. The van der Waals surface area contributed by atoms with Gasteiger partial charge in [0.15, 0.2) is 0 Å². The minimum Gasteiger partial charge on any atom is -0.491 e. The summed E-state index contributed by atoms with van der Waals surface area (Å²) in [6.45, 7) is 5.58. The molecule has 1 unspecified atom stereocenters. The van der Waals surface area contributed by atoms with Crippen LogP contribution in [-0.2, 0) is 6.54 Å². The Morgan fingerprint density at radius 1 is 1.42 bits per heavy atom. The van der Waals surface area contributed by atoms with Crippen LogP contribution in [0.1, 0.15) is 37.3 Å². The maximum absolute atomic E-state index is 5.65. The van der Waals surface area contributed by atoms with E-state index in [9.17, 15) is 0 Å². The summed E-state index contributed by atoms with van der Waals surface area (Å²) >= 11 is 0. The van der Waals surface area contributed by atoms with Crippen LogP contribution >= 0.6 is 0 Å². The van der Waals surface area contributed by atoms with E-state index in [0.717, 1.165) is 11.6 Å². The third kappa shape index (κ3) is 2.33. The van der Waals surface area contributed by atoms with Gasteiger partial charge in [0.1, 0.15) is 24.5 Å². The zero-order chi connectivity index (χ0) is 13.2. The Balaban J connectivity index is 1.69. The fourth-order valence-electron chi connectivity index (χ4n) is 2.38. The molecule has 5 nitrogen and oxygen atoms in total. The van der Waals surface area contributed by atoms with E-state index >= 15 is 0 Å². The SMILES string of the molecule is CC(C)n1ncnc1CNC1COc2ccccc21. The molecule has 2 heterocycles. The quantitative estimate of drug-likeness (QED) is 0.912. The number of hydrogen-bond acceptors (Lipinski definition) is 4. The summed E-state index contributed by atoms with van der Waals surface area (Å²) in [6.07, 6.45) is 1.61. The van der Waals surface area contributed by atoms with Crippen LogP contribution in [0.5, 0.6) is 5.75 Å². The lowest BCUT2D eigenvalue weighted by molar-refractivity contribution is 0.308. The number of nitrogens with one attached hydrogen (secondary N) is 1. The Morgan fingerprint density at radius 3 is 3.11 bits per heavy atom. The second-order valence-electron chi connectivity index (χ2n) is 5.00. The van der Waals surface area contributed by atoms with Crippen molar-refractivity contribution >= 4 is 0 Å². The number of ether oxygens (including phenoxy) is 1. The number of rotatable bonds is 4. The summed E-state index contributed by atoms with van der Waals surface area (Å²) in [4.78, 5) is 4.30. The average Bonchev–Trinajstić information content (AvgIpc) is 3.03. The van der Waals surface area contributed by atoms with Crippen molar-refractivity contribution in [1.29, 1.82) is 0 Å². The van der Waals surface area contributed by atoms with E-state index in [1.807, 2.05) is 22.9 Å². The molecule has 0 fully saturated rings. The lowest BCUT2D eigenvalue weighted by atomic mass is 10.1. The standard InChI is InChI=1S/C14H18N4O/c1-10(2)18-14(16-9-17-18)7-15-12-8-19-13-6-4-3-5-11(12)13/h3-6,9-10,12,15H,7-8H2,1-2H3. The smallest absolute Gasteiger partial charge is 0.141 e. The van der Waals surface area contributed by atoms with Crippen molar-refractivity contribution in [2.24, 2.45) is 0 Å². The largest absolute Gasteiger partial charge is 0.491 e. The van der Waals surface area contributed by atoms with Gasteiger partial charge in [-0.25, -0.2) is 9.67 Å². The van der Waals surface area contributed by atoms with Crippen LogP contribution < -0.4 is 10.1 Å². The molecule has 1 aromatic heterocycles. The third-order valence-corrected chi connectivity index (χ3v) is 3.34. The number of fused-ring (bicyclic) bond motifs is 1. The molecule has 1 aromatic carbocycles. The first-order valence-electron chi connectivity index (χ1n) is 6.59. The fraction of sp³-hybridized carbons (Fsp3) is 0.429. The molecule has 0 spiro atoms. The molecule has 3 rings (SSSR count). The van der Waals surface area contributed by atoms with Gasteiger partial charge in [-0.1, -0.05) is 18.2 Å².